The van der Waals surface area contributed by atoms with Gasteiger partial charge in [0, 0.05) is 6.42 Å². The fourth-order valence-electron chi connectivity index (χ4n) is 1.59. The molecule has 2 N–H and O–H groups in total. The van der Waals surface area contributed by atoms with E-state index in [1.807, 2.05) is 19.9 Å². The van der Waals surface area contributed by atoms with Crippen molar-refractivity contribution < 1.29 is 15.0 Å². The molecule has 0 fully saturated rings. The van der Waals surface area contributed by atoms with E-state index in [1.165, 1.54) is 0 Å². The standard InChI is InChI=1S/C12H16O3/c1-8-6-7-11(13)10(9(8)2)4-3-5-12(14)15/h6-7,13H,3-5H2,1-2H3,(H,14,15). The van der Waals surface area contributed by atoms with Gasteiger partial charge in [0.05, 0.1) is 0 Å². The molecule has 0 saturated carbocycles. The average molecular weight is 208 g/mol. The van der Waals surface area contributed by atoms with Gasteiger partial charge in [0.25, 0.3) is 0 Å². The number of carboxylic acid groups (broad SMARTS) is 1. The van der Waals surface area contributed by atoms with Crippen molar-refractivity contribution >= 4 is 5.97 Å². The number of carboxylic acids is 1. The molecule has 0 spiro atoms. The van der Waals surface area contributed by atoms with Gasteiger partial charge < -0.3 is 10.2 Å². The van der Waals surface area contributed by atoms with E-state index in [-0.39, 0.29) is 12.2 Å². The molecule has 0 saturated heterocycles. The summed E-state index contributed by atoms with van der Waals surface area (Å²) in [6.07, 6.45) is 1.33. The third-order valence-electron chi connectivity index (χ3n) is 2.66. The lowest BCUT2D eigenvalue weighted by atomic mass is 9.98. The Morgan fingerprint density at radius 1 is 1.33 bits per heavy atom. The van der Waals surface area contributed by atoms with Crippen LogP contribution in [0, 0.1) is 13.8 Å². The van der Waals surface area contributed by atoms with Crippen LogP contribution in [0.5, 0.6) is 5.75 Å². The highest BCUT2D eigenvalue weighted by atomic mass is 16.4. The second kappa shape index (κ2) is 4.82. The van der Waals surface area contributed by atoms with Crippen molar-refractivity contribution in [1.29, 1.82) is 0 Å². The summed E-state index contributed by atoms with van der Waals surface area (Å²) < 4.78 is 0. The molecule has 0 aliphatic carbocycles. The topological polar surface area (TPSA) is 57.5 Å². The largest absolute Gasteiger partial charge is 0.508 e. The predicted octanol–water partition coefficient (Wildman–Crippen LogP) is 2.42. The Morgan fingerprint density at radius 3 is 2.60 bits per heavy atom. The number of aliphatic carboxylic acids is 1. The molecule has 0 aromatic heterocycles. The molecule has 82 valence electrons. The quantitative estimate of drug-likeness (QED) is 0.798. The highest BCUT2D eigenvalue weighted by Crippen LogP contribution is 2.25. The lowest BCUT2D eigenvalue weighted by molar-refractivity contribution is -0.137. The molecule has 0 amide bonds. The first kappa shape index (κ1) is 11.6. The normalized spacial score (nSPS) is 10.3. The van der Waals surface area contributed by atoms with Crippen molar-refractivity contribution in [2.24, 2.45) is 0 Å². The number of aromatic hydroxyl groups is 1. The highest BCUT2D eigenvalue weighted by molar-refractivity contribution is 5.66. The van der Waals surface area contributed by atoms with Gasteiger partial charge in [0.2, 0.25) is 0 Å². The third kappa shape index (κ3) is 2.98. The minimum absolute atomic E-state index is 0.146. The van der Waals surface area contributed by atoms with E-state index in [2.05, 4.69) is 0 Å². The maximum atomic E-state index is 10.4. The number of phenolic OH excluding ortho intramolecular Hbond substituents is 1. The molecule has 0 bridgehead atoms. The van der Waals surface area contributed by atoms with Gasteiger partial charge in [-0.2, -0.15) is 0 Å². The predicted molar refractivity (Wildman–Crippen MR) is 58.2 cm³/mol. The number of hydrogen-bond donors (Lipinski definition) is 2. The summed E-state index contributed by atoms with van der Waals surface area (Å²) in [7, 11) is 0. The molecule has 3 nitrogen and oxygen atoms in total. The summed E-state index contributed by atoms with van der Waals surface area (Å²) >= 11 is 0. The van der Waals surface area contributed by atoms with Crippen LogP contribution in [-0.2, 0) is 11.2 Å². The molecular formula is C12H16O3. The molecular weight excluding hydrogens is 192 g/mol. The molecule has 3 heteroatoms. The molecule has 0 aliphatic heterocycles. The van der Waals surface area contributed by atoms with Gasteiger partial charge in [-0.1, -0.05) is 6.07 Å². The second-order valence-corrected chi connectivity index (χ2v) is 3.75. The Labute approximate surface area is 89.4 Å². The molecule has 0 unspecified atom stereocenters. The Hall–Kier alpha value is -1.51. The monoisotopic (exact) mass is 208 g/mol. The van der Waals surface area contributed by atoms with Gasteiger partial charge in [0.1, 0.15) is 5.75 Å². The van der Waals surface area contributed by atoms with Crippen molar-refractivity contribution in [2.45, 2.75) is 33.1 Å². The van der Waals surface area contributed by atoms with Crippen LogP contribution >= 0.6 is 0 Å². The van der Waals surface area contributed by atoms with Gasteiger partial charge in [0.15, 0.2) is 0 Å². The highest BCUT2D eigenvalue weighted by Gasteiger charge is 2.07. The Bertz CT molecular complexity index is 369. The Morgan fingerprint density at radius 2 is 2.00 bits per heavy atom. The van der Waals surface area contributed by atoms with Crippen molar-refractivity contribution in [3.8, 4) is 5.75 Å². The van der Waals surface area contributed by atoms with Crippen LogP contribution in [0.15, 0.2) is 12.1 Å². The van der Waals surface area contributed by atoms with E-state index in [0.29, 0.717) is 12.8 Å². The zero-order valence-corrected chi connectivity index (χ0v) is 9.08. The summed E-state index contributed by atoms with van der Waals surface area (Å²) in [4.78, 5) is 10.4. The molecule has 0 heterocycles. The van der Waals surface area contributed by atoms with Crippen LogP contribution in [0.2, 0.25) is 0 Å². The SMILES string of the molecule is Cc1ccc(O)c(CCCC(=O)O)c1C. The fourth-order valence-corrected chi connectivity index (χ4v) is 1.59. The smallest absolute Gasteiger partial charge is 0.303 e. The van der Waals surface area contributed by atoms with E-state index < -0.39 is 5.97 Å². The number of hydrogen-bond acceptors (Lipinski definition) is 2. The van der Waals surface area contributed by atoms with Crippen LogP contribution in [0.1, 0.15) is 29.5 Å². The van der Waals surface area contributed by atoms with E-state index >= 15 is 0 Å². The van der Waals surface area contributed by atoms with Crippen LogP contribution < -0.4 is 0 Å². The van der Waals surface area contributed by atoms with E-state index in [4.69, 9.17) is 5.11 Å². The van der Waals surface area contributed by atoms with Crippen LogP contribution in [-0.4, -0.2) is 16.2 Å². The second-order valence-electron chi connectivity index (χ2n) is 3.75. The summed E-state index contributed by atoms with van der Waals surface area (Å²) in [5, 5.41) is 18.2. The molecule has 0 aliphatic rings. The minimum atomic E-state index is -0.792. The number of rotatable bonds is 4. The van der Waals surface area contributed by atoms with Crippen LogP contribution in [0.25, 0.3) is 0 Å². The zero-order chi connectivity index (χ0) is 11.4. The lowest BCUT2D eigenvalue weighted by Crippen LogP contribution is -1.98. The number of benzene rings is 1. The van der Waals surface area contributed by atoms with Crippen molar-refractivity contribution in [3.63, 3.8) is 0 Å². The summed E-state index contributed by atoms with van der Waals surface area (Å²) in [6, 6.07) is 3.53. The minimum Gasteiger partial charge on any atom is -0.508 e. The summed E-state index contributed by atoms with van der Waals surface area (Å²) in [6.45, 7) is 3.93. The number of carbonyl (C=O) groups is 1. The van der Waals surface area contributed by atoms with Crippen molar-refractivity contribution in [1.82, 2.24) is 0 Å². The molecule has 15 heavy (non-hydrogen) atoms. The maximum Gasteiger partial charge on any atom is 0.303 e. The zero-order valence-electron chi connectivity index (χ0n) is 9.08. The molecule has 0 radical (unpaired) electrons. The van der Waals surface area contributed by atoms with Gasteiger partial charge in [-0.25, -0.2) is 0 Å². The average Bonchev–Trinajstić information content (AvgIpc) is 2.17. The summed E-state index contributed by atoms with van der Waals surface area (Å²) in [5.41, 5.74) is 3.05. The first-order valence-electron chi connectivity index (χ1n) is 5.02. The van der Waals surface area contributed by atoms with E-state index in [0.717, 1.165) is 16.7 Å². The number of phenols is 1. The van der Waals surface area contributed by atoms with E-state index in [9.17, 15) is 9.90 Å². The van der Waals surface area contributed by atoms with Gasteiger partial charge in [-0.15, -0.1) is 0 Å². The Balaban J connectivity index is 2.75. The maximum absolute atomic E-state index is 10.4. The van der Waals surface area contributed by atoms with Gasteiger partial charge in [-0.05, 0) is 49.4 Å². The van der Waals surface area contributed by atoms with Crippen LogP contribution in [0.4, 0.5) is 0 Å². The van der Waals surface area contributed by atoms with Gasteiger partial charge >= 0.3 is 5.97 Å². The lowest BCUT2D eigenvalue weighted by Gasteiger charge is -2.10. The molecule has 0 atom stereocenters. The fraction of sp³-hybridized carbons (Fsp3) is 0.417. The molecule has 1 aromatic rings. The third-order valence-corrected chi connectivity index (χ3v) is 2.66. The molecule has 1 aromatic carbocycles. The number of aryl methyl sites for hydroxylation is 1. The van der Waals surface area contributed by atoms with Crippen LogP contribution in [0.3, 0.4) is 0 Å². The van der Waals surface area contributed by atoms with Gasteiger partial charge in [-0.3, -0.25) is 4.79 Å². The van der Waals surface area contributed by atoms with E-state index in [1.54, 1.807) is 6.07 Å². The first-order valence-corrected chi connectivity index (χ1v) is 5.02. The molecule has 1 rings (SSSR count). The summed E-state index contributed by atoms with van der Waals surface area (Å²) in [5.74, 6) is -0.525. The first-order chi connectivity index (χ1) is 7.02. The Kier molecular flexibility index (Phi) is 3.72. The van der Waals surface area contributed by atoms with Crippen molar-refractivity contribution in [3.05, 3.63) is 28.8 Å². The van der Waals surface area contributed by atoms with Crippen molar-refractivity contribution in [2.75, 3.05) is 0 Å².